The van der Waals surface area contributed by atoms with Gasteiger partial charge >= 0.3 is 11.9 Å². The molecule has 1 aliphatic carbocycles. The Bertz CT molecular complexity index is 1360. The minimum absolute atomic E-state index is 0.0434. The van der Waals surface area contributed by atoms with E-state index in [-0.39, 0.29) is 42.2 Å². The highest BCUT2D eigenvalue weighted by Gasteiger charge is 2.48. The number of unbranched alkanes of at least 4 members (excludes halogenated alkanes) is 11. The molecule has 256 valence electrons. The van der Waals surface area contributed by atoms with Crippen molar-refractivity contribution >= 4 is 11.9 Å². The zero-order chi connectivity index (χ0) is 33.0. The molecule has 1 fully saturated rings. The number of carbonyl (C=O) groups excluding carboxylic acids is 2. The van der Waals surface area contributed by atoms with Gasteiger partial charge < -0.3 is 28.4 Å². The Kier molecular flexibility index (Phi) is 12.9. The molecule has 0 spiro atoms. The van der Waals surface area contributed by atoms with Crippen LogP contribution < -0.4 is 23.7 Å². The standard InChI is InChI=1S/C39H52O8/c1-4-5-6-7-8-9-10-11-12-13-14-15-16-17-18-19-35(40)47-38-33(42-2)22-28(23-34(38)43-3)36-30-24-32-31(45-26-46-32)21-27(30)20-29-25-44-39(41)37(29)36/h9-10,21-24,29,36-37H,4-8,11-20,25-26H2,1-3H3/b10-9+/t29-,36+,37-/m0/s1. The van der Waals surface area contributed by atoms with Crippen LogP contribution in [0.1, 0.15) is 119 Å². The Labute approximate surface area is 280 Å². The summed E-state index contributed by atoms with van der Waals surface area (Å²) in [6.45, 7) is 2.81. The monoisotopic (exact) mass is 648 g/mol. The van der Waals surface area contributed by atoms with Crippen LogP contribution in [0.25, 0.3) is 0 Å². The first kappa shape index (κ1) is 34.6. The number of methoxy groups -OCH3 is 2. The second-order valence-corrected chi connectivity index (χ2v) is 13.1. The molecule has 0 saturated carbocycles. The number of fused-ring (bicyclic) bond motifs is 3. The maximum atomic E-state index is 13.0. The maximum absolute atomic E-state index is 13.0. The first-order valence-corrected chi connectivity index (χ1v) is 17.7. The Morgan fingerprint density at radius 1 is 0.809 bits per heavy atom. The molecule has 0 radical (unpaired) electrons. The van der Waals surface area contributed by atoms with Gasteiger partial charge in [-0.15, -0.1) is 0 Å². The van der Waals surface area contributed by atoms with Gasteiger partial charge in [0.15, 0.2) is 23.0 Å². The SMILES string of the molecule is CCCCCC/C=C/CCCCCCCCCC(=O)Oc1c(OC)cc([C@@H]2c3cc4c(cc3C[C@H]3COC(=O)[C@@H]32)OCO4)cc1OC. The van der Waals surface area contributed by atoms with E-state index < -0.39 is 0 Å². The summed E-state index contributed by atoms with van der Waals surface area (Å²) in [4.78, 5) is 25.9. The molecule has 2 heterocycles. The minimum atomic E-state index is -0.354. The third-order valence-corrected chi connectivity index (χ3v) is 9.73. The summed E-state index contributed by atoms with van der Waals surface area (Å²) in [5.74, 6) is 1.26. The van der Waals surface area contributed by atoms with Crippen LogP contribution in [0.2, 0.25) is 0 Å². The lowest BCUT2D eigenvalue weighted by molar-refractivity contribution is -0.141. The number of hydrogen-bond acceptors (Lipinski definition) is 8. The number of rotatable bonds is 19. The normalized spacial score (nSPS) is 19.4. The number of esters is 2. The number of cyclic esters (lactones) is 1. The van der Waals surface area contributed by atoms with Gasteiger partial charge in [-0.25, -0.2) is 0 Å². The van der Waals surface area contributed by atoms with Crippen LogP contribution in [0.15, 0.2) is 36.4 Å². The molecular weight excluding hydrogens is 596 g/mol. The van der Waals surface area contributed by atoms with Crippen molar-refractivity contribution in [1.82, 2.24) is 0 Å². The van der Waals surface area contributed by atoms with E-state index in [1.165, 1.54) is 64.2 Å². The van der Waals surface area contributed by atoms with E-state index >= 15 is 0 Å². The summed E-state index contributed by atoms with van der Waals surface area (Å²) >= 11 is 0. The van der Waals surface area contributed by atoms with Gasteiger partial charge in [0.1, 0.15) is 0 Å². The summed E-state index contributed by atoms with van der Waals surface area (Å²) in [6.07, 6.45) is 21.3. The van der Waals surface area contributed by atoms with Gasteiger partial charge in [0.2, 0.25) is 12.5 Å². The lowest BCUT2D eigenvalue weighted by atomic mass is 9.67. The topological polar surface area (TPSA) is 89.5 Å². The van der Waals surface area contributed by atoms with Gasteiger partial charge in [0, 0.05) is 18.3 Å². The molecule has 0 unspecified atom stereocenters. The molecule has 2 aliphatic heterocycles. The highest BCUT2D eigenvalue weighted by atomic mass is 16.7. The van der Waals surface area contributed by atoms with E-state index in [0.717, 1.165) is 48.1 Å². The number of benzene rings is 2. The van der Waals surface area contributed by atoms with E-state index in [2.05, 4.69) is 19.1 Å². The highest BCUT2D eigenvalue weighted by Crippen LogP contribution is 2.52. The molecular formula is C39H52O8. The lowest BCUT2D eigenvalue weighted by Crippen LogP contribution is -2.31. The average molecular weight is 649 g/mol. The maximum Gasteiger partial charge on any atom is 0.311 e. The van der Waals surface area contributed by atoms with Crippen molar-refractivity contribution in [2.24, 2.45) is 11.8 Å². The van der Waals surface area contributed by atoms with Gasteiger partial charge in [0.05, 0.1) is 26.7 Å². The molecule has 0 N–H and O–H groups in total. The van der Waals surface area contributed by atoms with Gasteiger partial charge in [-0.1, -0.05) is 70.4 Å². The third kappa shape index (κ3) is 8.82. The van der Waals surface area contributed by atoms with Gasteiger partial charge in [-0.2, -0.15) is 0 Å². The van der Waals surface area contributed by atoms with Crippen LogP contribution in [0, 0.1) is 11.8 Å². The van der Waals surface area contributed by atoms with Gasteiger partial charge in [-0.05, 0) is 79.5 Å². The van der Waals surface area contributed by atoms with Crippen LogP contribution in [-0.4, -0.2) is 39.6 Å². The lowest BCUT2D eigenvalue weighted by Gasteiger charge is -2.34. The predicted molar refractivity (Wildman–Crippen MR) is 181 cm³/mol. The Balaban J connectivity index is 1.13. The summed E-state index contributed by atoms with van der Waals surface area (Å²) in [7, 11) is 3.08. The van der Waals surface area contributed by atoms with E-state index in [0.29, 0.717) is 30.3 Å². The summed E-state index contributed by atoms with van der Waals surface area (Å²) < 4.78 is 34.2. The second kappa shape index (κ2) is 17.5. The molecule has 5 rings (SSSR count). The van der Waals surface area contributed by atoms with Crippen molar-refractivity contribution in [3.63, 3.8) is 0 Å². The number of allylic oxidation sites excluding steroid dienone is 2. The summed E-state index contributed by atoms with van der Waals surface area (Å²) in [6, 6.07) is 7.69. The molecule has 8 nitrogen and oxygen atoms in total. The summed E-state index contributed by atoms with van der Waals surface area (Å²) in [5, 5.41) is 0. The fourth-order valence-electron chi connectivity index (χ4n) is 7.19. The first-order valence-electron chi connectivity index (χ1n) is 17.7. The molecule has 3 atom stereocenters. The molecule has 3 aliphatic rings. The van der Waals surface area contributed by atoms with Crippen molar-refractivity contribution in [1.29, 1.82) is 0 Å². The zero-order valence-corrected chi connectivity index (χ0v) is 28.5. The smallest absolute Gasteiger partial charge is 0.311 e. The van der Waals surface area contributed by atoms with Crippen LogP contribution in [0.3, 0.4) is 0 Å². The Morgan fingerprint density at radius 3 is 2.09 bits per heavy atom. The van der Waals surface area contributed by atoms with Crippen LogP contribution in [0.4, 0.5) is 0 Å². The molecule has 2 aromatic carbocycles. The Hall–Kier alpha value is -3.68. The quantitative estimate of drug-likeness (QED) is 0.0646. The molecule has 0 amide bonds. The van der Waals surface area contributed by atoms with Crippen molar-refractivity contribution in [2.45, 2.75) is 109 Å². The first-order chi connectivity index (χ1) is 23.0. The molecule has 47 heavy (non-hydrogen) atoms. The van der Waals surface area contributed by atoms with Crippen LogP contribution in [-0.2, 0) is 20.7 Å². The number of ether oxygens (including phenoxy) is 6. The minimum Gasteiger partial charge on any atom is -0.493 e. The molecule has 0 aromatic heterocycles. The fraction of sp³-hybridized carbons (Fsp3) is 0.590. The predicted octanol–water partition coefficient (Wildman–Crippen LogP) is 8.85. The molecule has 8 heteroatoms. The van der Waals surface area contributed by atoms with Crippen molar-refractivity contribution in [2.75, 3.05) is 27.6 Å². The molecule has 2 aromatic rings. The molecule has 1 saturated heterocycles. The molecule has 0 bridgehead atoms. The van der Waals surface area contributed by atoms with E-state index in [4.69, 9.17) is 28.4 Å². The van der Waals surface area contributed by atoms with Crippen LogP contribution in [0.5, 0.6) is 28.7 Å². The van der Waals surface area contributed by atoms with Crippen molar-refractivity contribution in [3.05, 3.63) is 53.1 Å². The van der Waals surface area contributed by atoms with Crippen LogP contribution >= 0.6 is 0 Å². The zero-order valence-electron chi connectivity index (χ0n) is 28.5. The van der Waals surface area contributed by atoms with E-state index in [1.807, 2.05) is 24.3 Å². The fourth-order valence-corrected chi connectivity index (χ4v) is 7.19. The van der Waals surface area contributed by atoms with E-state index in [9.17, 15) is 9.59 Å². The third-order valence-electron chi connectivity index (χ3n) is 9.73. The van der Waals surface area contributed by atoms with Gasteiger partial charge in [0.25, 0.3) is 0 Å². The largest absolute Gasteiger partial charge is 0.493 e. The summed E-state index contributed by atoms with van der Waals surface area (Å²) in [5.41, 5.74) is 2.92. The average Bonchev–Trinajstić information content (AvgIpc) is 3.70. The number of hydrogen-bond donors (Lipinski definition) is 0. The van der Waals surface area contributed by atoms with Gasteiger partial charge in [-0.3, -0.25) is 9.59 Å². The van der Waals surface area contributed by atoms with Crippen molar-refractivity contribution < 1.29 is 38.0 Å². The Morgan fingerprint density at radius 2 is 1.43 bits per heavy atom. The second-order valence-electron chi connectivity index (χ2n) is 13.1. The van der Waals surface area contributed by atoms with E-state index in [1.54, 1.807) is 14.2 Å². The number of carbonyl (C=O) groups is 2. The highest BCUT2D eigenvalue weighted by molar-refractivity contribution is 5.79. The van der Waals surface area contributed by atoms with Crippen molar-refractivity contribution in [3.8, 4) is 28.7 Å².